The molecule has 2 rings (SSSR count). The van der Waals surface area contributed by atoms with Crippen LogP contribution < -0.4 is 10.2 Å². The summed E-state index contributed by atoms with van der Waals surface area (Å²) in [6, 6.07) is 7.05. The Labute approximate surface area is 128 Å². The Morgan fingerprint density at radius 3 is 2.70 bits per heavy atom. The van der Waals surface area contributed by atoms with Crippen LogP contribution in [0.4, 0.5) is 5.69 Å². The van der Waals surface area contributed by atoms with E-state index in [1.54, 1.807) is 0 Å². The Morgan fingerprint density at radius 1 is 1.35 bits per heavy atom. The van der Waals surface area contributed by atoms with E-state index in [4.69, 9.17) is 11.6 Å². The smallest absolute Gasteiger partial charge is 0.0471 e. The van der Waals surface area contributed by atoms with E-state index in [-0.39, 0.29) is 0 Å². The molecular weight excluding hydrogens is 268 g/mol. The van der Waals surface area contributed by atoms with Gasteiger partial charge in [-0.3, -0.25) is 0 Å². The van der Waals surface area contributed by atoms with Gasteiger partial charge in [-0.1, -0.05) is 38.4 Å². The molecule has 0 saturated heterocycles. The Balaban J connectivity index is 2.15. The van der Waals surface area contributed by atoms with E-state index < -0.39 is 0 Å². The molecule has 1 N–H and O–H groups in total. The average molecular weight is 295 g/mol. The largest absolute Gasteiger partial charge is 0.368 e. The van der Waals surface area contributed by atoms with Crippen LogP contribution in [0.1, 0.15) is 45.6 Å². The highest BCUT2D eigenvalue weighted by atomic mass is 35.5. The molecule has 0 aliphatic heterocycles. The number of rotatable bonds is 8. The van der Waals surface area contributed by atoms with Crippen LogP contribution in [0.15, 0.2) is 18.2 Å². The second-order valence-corrected chi connectivity index (χ2v) is 6.59. The van der Waals surface area contributed by atoms with E-state index in [1.165, 1.54) is 30.5 Å². The minimum absolute atomic E-state index is 0.663. The van der Waals surface area contributed by atoms with Crippen molar-refractivity contribution in [3.8, 4) is 0 Å². The van der Waals surface area contributed by atoms with Crippen molar-refractivity contribution >= 4 is 17.3 Å². The SMILES string of the molecule is CCCN(c1cccc(Cl)c1CNCC(C)C)C1CC1. The molecule has 1 fully saturated rings. The van der Waals surface area contributed by atoms with Crippen molar-refractivity contribution in [2.75, 3.05) is 18.0 Å². The van der Waals surface area contributed by atoms with Crippen molar-refractivity contribution in [2.24, 2.45) is 5.92 Å². The maximum Gasteiger partial charge on any atom is 0.0471 e. The summed E-state index contributed by atoms with van der Waals surface area (Å²) < 4.78 is 0. The van der Waals surface area contributed by atoms with Gasteiger partial charge in [0.05, 0.1) is 0 Å². The molecule has 0 bridgehead atoms. The third-order valence-electron chi connectivity index (χ3n) is 3.71. The van der Waals surface area contributed by atoms with E-state index in [0.717, 1.165) is 30.7 Å². The van der Waals surface area contributed by atoms with Crippen LogP contribution >= 0.6 is 11.6 Å². The number of benzene rings is 1. The first-order valence-corrected chi connectivity index (χ1v) is 8.26. The monoisotopic (exact) mass is 294 g/mol. The van der Waals surface area contributed by atoms with Crippen molar-refractivity contribution in [1.82, 2.24) is 5.32 Å². The lowest BCUT2D eigenvalue weighted by Gasteiger charge is -2.27. The van der Waals surface area contributed by atoms with E-state index >= 15 is 0 Å². The first kappa shape index (κ1) is 15.7. The van der Waals surface area contributed by atoms with Crippen LogP contribution in [0.25, 0.3) is 0 Å². The molecule has 2 nitrogen and oxygen atoms in total. The van der Waals surface area contributed by atoms with Crippen molar-refractivity contribution in [1.29, 1.82) is 0 Å². The van der Waals surface area contributed by atoms with Crippen LogP contribution in [0.2, 0.25) is 5.02 Å². The molecule has 0 aromatic heterocycles. The van der Waals surface area contributed by atoms with E-state index in [1.807, 2.05) is 6.07 Å². The van der Waals surface area contributed by atoms with Crippen LogP contribution in [0.5, 0.6) is 0 Å². The molecule has 1 aliphatic rings. The quantitative estimate of drug-likeness (QED) is 0.761. The predicted molar refractivity (Wildman–Crippen MR) is 88.7 cm³/mol. The Kier molecular flexibility index (Phi) is 5.74. The maximum atomic E-state index is 6.45. The standard InChI is InChI=1S/C17H27ClN2/c1-4-10-20(14-8-9-14)17-7-5-6-16(18)15(17)12-19-11-13(2)3/h5-7,13-14,19H,4,8-12H2,1-3H3. The van der Waals surface area contributed by atoms with Crippen molar-refractivity contribution in [3.05, 3.63) is 28.8 Å². The lowest BCUT2D eigenvalue weighted by Crippen LogP contribution is -2.29. The zero-order chi connectivity index (χ0) is 14.5. The first-order chi connectivity index (χ1) is 9.63. The molecule has 1 aliphatic carbocycles. The third-order valence-corrected chi connectivity index (χ3v) is 4.06. The summed E-state index contributed by atoms with van der Waals surface area (Å²) in [7, 11) is 0. The van der Waals surface area contributed by atoms with Gasteiger partial charge in [0, 0.05) is 35.4 Å². The molecule has 112 valence electrons. The summed E-state index contributed by atoms with van der Waals surface area (Å²) in [6.07, 6.45) is 3.83. The van der Waals surface area contributed by atoms with E-state index in [0.29, 0.717) is 5.92 Å². The lowest BCUT2D eigenvalue weighted by atomic mass is 10.1. The zero-order valence-electron chi connectivity index (χ0n) is 13.0. The fraction of sp³-hybridized carbons (Fsp3) is 0.647. The lowest BCUT2D eigenvalue weighted by molar-refractivity contribution is 0.551. The van der Waals surface area contributed by atoms with Crippen LogP contribution in [-0.2, 0) is 6.54 Å². The molecule has 20 heavy (non-hydrogen) atoms. The topological polar surface area (TPSA) is 15.3 Å². The van der Waals surface area contributed by atoms with Crippen molar-refractivity contribution in [3.63, 3.8) is 0 Å². The first-order valence-electron chi connectivity index (χ1n) is 7.88. The third kappa shape index (κ3) is 4.13. The molecule has 3 heteroatoms. The van der Waals surface area contributed by atoms with Crippen LogP contribution in [0.3, 0.4) is 0 Å². The van der Waals surface area contributed by atoms with Gasteiger partial charge in [0.15, 0.2) is 0 Å². The second kappa shape index (κ2) is 7.33. The molecule has 1 aromatic rings. The number of halogens is 1. The highest BCUT2D eigenvalue weighted by Crippen LogP contribution is 2.36. The molecule has 0 spiro atoms. The summed E-state index contributed by atoms with van der Waals surface area (Å²) in [6.45, 7) is 9.73. The fourth-order valence-electron chi connectivity index (χ4n) is 2.60. The predicted octanol–water partition coefficient (Wildman–Crippen LogP) is 4.46. The highest BCUT2D eigenvalue weighted by Gasteiger charge is 2.30. The molecule has 0 amide bonds. The average Bonchev–Trinajstić information content (AvgIpc) is 3.22. The minimum atomic E-state index is 0.663. The second-order valence-electron chi connectivity index (χ2n) is 6.19. The number of anilines is 1. The zero-order valence-corrected chi connectivity index (χ0v) is 13.7. The number of hydrogen-bond acceptors (Lipinski definition) is 2. The van der Waals surface area contributed by atoms with Gasteiger partial charge in [0.2, 0.25) is 0 Å². The van der Waals surface area contributed by atoms with Gasteiger partial charge >= 0.3 is 0 Å². The molecule has 1 saturated carbocycles. The van der Waals surface area contributed by atoms with Gasteiger partial charge in [-0.05, 0) is 43.9 Å². The summed E-state index contributed by atoms with van der Waals surface area (Å²) in [5, 5.41) is 4.42. The Morgan fingerprint density at radius 2 is 2.10 bits per heavy atom. The summed E-state index contributed by atoms with van der Waals surface area (Å²) in [5.74, 6) is 0.663. The van der Waals surface area contributed by atoms with Gasteiger partial charge in [0.1, 0.15) is 0 Å². The molecule has 0 atom stereocenters. The Bertz CT molecular complexity index is 427. The molecule has 0 radical (unpaired) electrons. The molecule has 1 aromatic carbocycles. The van der Waals surface area contributed by atoms with Gasteiger partial charge in [0.25, 0.3) is 0 Å². The summed E-state index contributed by atoms with van der Waals surface area (Å²) in [5.41, 5.74) is 2.59. The van der Waals surface area contributed by atoms with Crippen LogP contribution in [-0.4, -0.2) is 19.1 Å². The number of nitrogens with one attached hydrogen (secondary N) is 1. The number of nitrogens with zero attached hydrogens (tertiary/aromatic N) is 1. The normalized spacial score (nSPS) is 14.8. The summed E-state index contributed by atoms with van der Waals surface area (Å²) in [4.78, 5) is 2.55. The van der Waals surface area contributed by atoms with Gasteiger partial charge in [-0.15, -0.1) is 0 Å². The molecule has 0 unspecified atom stereocenters. The molecule has 0 heterocycles. The minimum Gasteiger partial charge on any atom is -0.368 e. The Hall–Kier alpha value is -0.730. The van der Waals surface area contributed by atoms with E-state index in [9.17, 15) is 0 Å². The fourth-order valence-corrected chi connectivity index (χ4v) is 2.84. The van der Waals surface area contributed by atoms with E-state index in [2.05, 4.69) is 43.1 Å². The van der Waals surface area contributed by atoms with Gasteiger partial charge < -0.3 is 10.2 Å². The van der Waals surface area contributed by atoms with Gasteiger partial charge in [-0.2, -0.15) is 0 Å². The van der Waals surface area contributed by atoms with Crippen molar-refractivity contribution in [2.45, 2.75) is 52.6 Å². The van der Waals surface area contributed by atoms with Gasteiger partial charge in [-0.25, -0.2) is 0 Å². The maximum absolute atomic E-state index is 6.45. The molecular formula is C17H27ClN2. The number of hydrogen-bond donors (Lipinski definition) is 1. The highest BCUT2D eigenvalue weighted by molar-refractivity contribution is 6.31. The summed E-state index contributed by atoms with van der Waals surface area (Å²) >= 11 is 6.45. The van der Waals surface area contributed by atoms with Crippen molar-refractivity contribution < 1.29 is 0 Å². The van der Waals surface area contributed by atoms with Crippen LogP contribution in [0, 0.1) is 5.92 Å².